The first-order valence-electron chi connectivity index (χ1n) is 6.18. The maximum absolute atomic E-state index is 12.8. The Hall–Kier alpha value is -2.51. The van der Waals surface area contributed by atoms with Gasteiger partial charge in [0, 0.05) is 12.1 Å². The van der Waals surface area contributed by atoms with Gasteiger partial charge in [-0.2, -0.15) is 4.80 Å². The Labute approximate surface area is 113 Å². The lowest BCUT2D eigenvalue weighted by Crippen LogP contribution is -2.28. The number of benzene rings is 1. The normalized spacial score (nSPS) is 14.7. The molecule has 20 heavy (non-hydrogen) atoms. The van der Waals surface area contributed by atoms with Gasteiger partial charge < -0.3 is 9.64 Å². The minimum atomic E-state index is -0.316. The fraction of sp³-hybridized carbons (Fsp3) is 0.333. The van der Waals surface area contributed by atoms with E-state index in [1.165, 1.54) is 16.9 Å². The van der Waals surface area contributed by atoms with E-state index in [2.05, 4.69) is 15.4 Å². The van der Waals surface area contributed by atoms with E-state index in [-0.39, 0.29) is 11.9 Å². The highest BCUT2D eigenvalue weighted by atomic mass is 19.1. The number of aromatic nitrogens is 4. The lowest BCUT2D eigenvalue weighted by Gasteiger charge is -2.10. The van der Waals surface area contributed by atoms with Crippen molar-refractivity contribution in [3.05, 3.63) is 30.1 Å². The topological polar surface area (TPSA) is 73.1 Å². The van der Waals surface area contributed by atoms with Crippen molar-refractivity contribution in [2.75, 3.05) is 19.7 Å². The van der Waals surface area contributed by atoms with Crippen molar-refractivity contribution in [3.63, 3.8) is 0 Å². The molecular formula is C12H12FN5O2. The number of amides is 1. The van der Waals surface area contributed by atoms with Gasteiger partial charge in [0.15, 0.2) is 0 Å². The van der Waals surface area contributed by atoms with Gasteiger partial charge in [-0.25, -0.2) is 9.18 Å². The van der Waals surface area contributed by atoms with Crippen LogP contribution >= 0.6 is 0 Å². The van der Waals surface area contributed by atoms with Gasteiger partial charge in [0.05, 0.1) is 13.1 Å². The van der Waals surface area contributed by atoms with Crippen molar-refractivity contribution in [1.29, 1.82) is 0 Å². The molecule has 1 saturated heterocycles. The standard InChI is InChI=1S/C12H12FN5O2/c13-10-3-1-9(2-4-10)11-14-16-18(15-11)6-5-17-7-8-20-12(17)19/h1-4H,5-8H2. The van der Waals surface area contributed by atoms with E-state index in [0.29, 0.717) is 37.6 Å². The SMILES string of the molecule is O=C1OCCN1CCn1nnc(-c2ccc(F)cc2)n1. The third kappa shape index (κ3) is 2.58. The molecule has 1 fully saturated rings. The van der Waals surface area contributed by atoms with Crippen molar-refractivity contribution >= 4 is 6.09 Å². The number of tetrazole rings is 1. The number of hydrogen-bond acceptors (Lipinski definition) is 5. The molecule has 3 rings (SSSR count). The van der Waals surface area contributed by atoms with Crippen LogP contribution in [0.25, 0.3) is 11.4 Å². The summed E-state index contributed by atoms with van der Waals surface area (Å²) < 4.78 is 17.7. The summed E-state index contributed by atoms with van der Waals surface area (Å²) in [5.74, 6) is 0.114. The highest BCUT2D eigenvalue weighted by Crippen LogP contribution is 2.13. The number of hydrogen-bond donors (Lipinski definition) is 0. The van der Waals surface area contributed by atoms with Crippen LogP contribution in [-0.4, -0.2) is 50.9 Å². The monoisotopic (exact) mass is 277 g/mol. The molecule has 0 atom stereocenters. The van der Waals surface area contributed by atoms with E-state index in [0.717, 1.165) is 0 Å². The summed E-state index contributed by atoms with van der Waals surface area (Å²) in [6.45, 7) is 1.91. The highest BCUT2D eigenvalue weighted by Gasteiger charge is 2.21. The van der Waals surface area contributed by atoms with Gasteiger partial charge in [0.25, 0.3) is 0 Å². The van der Waals surface area contributed by atoms with Gasteiger partial charge in [-0.05, 0) is 29.5 Å². The number of cyclic esters (lactones) is 1. The maximum atomic E-state index is 12.8. The summed E-state index contributed by atoms with van der Waals surface area (Å²) in [4.78, 5) is 14.2. The van der Waals surface area contributed by atoms with Crippen LogP contribution in [0, 0.1) is 5.82 Å². The molecular weight excluding hydrogens is 265 g/mol. The molecule has 7 nitrogen and oxygen atoms in total. The van der Waals surface area contributed by atoms with Gasteiger partial charge in [-0.15, -0.1) is 10.2 Å². The van der Waals surface area contributed by atoms with Crippen LogP contribution in [0.5, 0.6) is 0 Å². The largest absolute Gasteiger partial charge is 0.448 e. The quantitative estimate of drug-likeness (QED) is 0.831. The Balaban J connectivity index is 1.64. The van der Waals surface area contributed by atoms with E-state index < -0.39 is 0 Å². The van der Waals surface area contributed by atoms with Crippen LogP contribution in [0.3, 0.4) is 0 Å². The van der Waals surface area contributed by atoms with Crippen molar-refractivity contribution in [2.45, 2.75) is 6.54 Å². The summed E-state index contributed by atoms with van der Waals surface area (Å²) in [7, 11) is 0. The molecule has 1 amide bonds. The second-order valence-electron chi connectivity index (χ2n) is 4.32. The molecule has 0 unspecified atom stereocenters. The number of nitrogens with zero attached hydrogens (tertiary/aromatic N) is 5. The van der Waals surface area contributed by atoms with Crippen LogP contribution in [0.4, 0.5) is 9.18 Å². The second-order valence-corrected chi connectivity index (χ2v) is 4.32. The molecule has 0 spiro atoms. The summed E-state index contributed by atoms with van der Waals surface area (Å²) in [6.07, 6.45) is -0.316. The van der Waals surface area contributed by atoms with Gasteiger partial charge in [-0.1, -0.05) is 0 Å². The first kappa shape index (κ1) is 12.5. The zero-order valence-corrected chi connectivity index (χ0v) is 10.6. The molecule has 0 radical (unpaired) electrons. The number of carbonyl (C=O) groups excluding carboxylic acids is 1. The van der Waals surface area contributed by atoms with Crippen molar-refractivity contribution < 1.29 is 13.9 Å². The zero-order valence-electron chi connectivity index (χ0n) is 10.6. The number of carbonyl (C=O) groups is 1. The van der Waals surface area contributed by atoms with Crippen molar-refractivity contribution in [3.8, 4) is 11.4 Å². The maximum Gasteiger partial charge on any atom is 0.410 e. The minimum Gasteiger partial charge on any atom is -0.448 e. The molecule has 8 heteroatoms. The van der Waals surface area contributed by atoms with E-state index in [1.54, 1.807) is 17.0 Å². The molecule has 0 saturated carbocycles. The van der Waals surface area contributed by atoms with Crippen LogP contribution in [-0.2, 0) is 11.3 Å². The van der Waals surface area contributed by atoms with E-state index in [4.69, 9.17) is 4.74 Å². The van der Waals surface area contributed by atoms with Crippen LogP contribution in [0.15, 0.2) is 24.3 Å². The molecule has 1 aromatic carbocycles. The average Bonchev–Trinajstić information content (AvgIpc) is 3.06. The average molecular weight is 277 g/mol. The summed E-state index contributed by atoms with van der Waals surface area (Å²) in [6, 6.07) is 5.87. The molecule has 1 aliphatic heterocycles. The van der Waals surface area contributed by atoms with Crippen LogP contribution < -0.4 is 0 Å². The Morgan fingerprint density at radius 3 is 2.75 bits per heavy atom. The first-order chi connectivity index (χ1) is 9.72. The van der Waals surface area contributed by atoms with Gasteiger partial charge >= 0.3 is 6.09 Å². The Bertz CT molecular complexity index is 613. The third-order valence-electron chi connectivity index (χ3n) is 2.97. The summed E-state index contributed by atoms with van der Waals surface area (Å²) in [5, 5.41) is 12.0. The Morgan fingerprint density at radius 1 is 1.25 bits per heavy atom. The molecule has 1 aliphatic rings. The number of ether oxygens (including phenoxy) is 1. The predicted octanol–water partition coefficient (Wildman–Crippen LogP) is 0.931. The molecule has 0 bridgehead atoms. The Morgan fingerprint density at radius 2 is 2.05 bits per heavy atom. The third-order valence-corrected chi connectivity index (χ3v) is 2.97. The fourth-order valence-corrected chi connectivity index (χ4v) is 1.89. The molecule has 2 heterocycles. The zero-order chi connectivity index (χ0) is 13.9. The van der Waals surface area contributed by atoms with Gasteiger partial charge in [0.2, 0.25) is 5.82 Å². The lowest BCUT2D eigenvalue weighted by molar-refractivity contribution is 0.157. The number of halogens is 1. The minimum absolute atomic E-state index is 0.311. The van der Waals surface area contributed by atoms with Gasteiger partial charge in [0.1, 0.15) is 12.4 Å². The van der Waals surface area contributed by atoms with Crippen molar-refractivity contribution in [1.82, 2.24) is 25.1 Å². The van der Waals surface area contributed by atoms with E-state index in [1.807, 2.05) is 0 Å². The van der Waals surface area contributed by atoms with Crippen LogP contribution in [0.2, 0.25) is 0 Å². The Kier molecular flexibility index (Phi) is 3.28. The fourth-order valence-electron chi connectivity index (χ4n) is 1.89. The lowest BCUT2D eigenvalue weighted by atomic mass is 10.2. The first-order valence-corrected chi connectivity index (χ1v) is 6.18. The highest BCUT2D eigenvalue weighted by molar-refractivity contribution is 5.69. The summed E-state index contributed by atoms with van der Waals surface area (Å²) in [5.41, 5.74) is 0.693. The van der Waals surface area contributed by atoms with Crippen molar-refractivity contribution in [2.24, 2.45) is 0 Å². The molecule has 0 N–H and O–H groups in total. The summed E-state index contributed by atoms with van der Waals surface area (Å²) >= 11 is 0. The molecule has 104 valence electrons. The van der Waals surface area contributed by atoms with Gasteiger partial charge in [-0.3, -0.25) is 0 Å². The smallest absolute Gasteiger partial charge is 0.410 e. The molecule has 1 aromatic heterocycles. The molecule has 2 aromatic rings. The predicted molar refractivity (Wildman–Crippen MR) is 66.1 cm³/mol. The molecule has 0 aliphatic carbocycles. The van der Waals surface area contributed by atoms with E-state index in [9.17, 15) is 9.18 Å². The van der Waals surface area contributed by atoms with E-state index >= 15 is 0 Å². The number of rotatable bonds is 4. The second kappa shape index (κ2) is 5.24. The van der Waals surface area contributed by atoms with Crippen LogP contribution in [0.1, 0.15) is 0 Å².